The molecule has 0 aliphatic heterocycles. The maximum Gasteiger partial charge on any atom is 0.0843 e. The van der Waals surface area contributed by atoms with Crippen LogP contribution in [0.2, 0.25) is 5.02 Å². The maximum atomic E-state index is 8.38. The topological polar surface area (TPSA) is 35.8 Å². The fourth-order valence-electron chi connectivity index (χ4n) is 1.32. The van der Waals surface area contributed by atoms with Crippen LogP contribution in [0.3, 0.4) is 0 Å². The van der Waals surface area contributed by atoms with E-state index in [0.717, 1.165) is 10.6 Å². The molecule has 0 spiro atoms. The molecule has 1 aromatic rings. The SMILES string of the molecule is CC(C)c1ccc(CNCC#N)c(Cl)c1. The van der Waals surface area contributed by atoms with Crippen LogP contribution in [0.1, 0.15) is 30.9 Å². The van der Waals surface area contributed by atoms with E-state index in [4.69, 9.17) is 16.9 Å². The van der Waals surface area contributed by atoms with Crippen molar-refractivity contribution in [3.63, 3.8) is 0 Å². The lowest BCUT2D eigenvalue weighted by Gasteiger charge is -2.09. The number of halogens is 1. The molecular formula is C12H15ClN2. The molecule has 0 unspecified atom stereocenters. The van der Waals surface area contributed by atoms with Crippen LogP contribution in [0.5, 0.6) is 0 Å². The van der Waals surface area contributed by atoms with Gasteiger partial charge in [0.15, 0.2) is 0 Å². The third-order valence-electron chi connectivity index (χ3n) is 2.26. The van der Waals surface area contributed by atoms with Crippen molar-refractivity contribution in [2.24, 2.45) is 0 Å². The number of benzene rings is 1. The summed E-state index contributed by atoms with van der Waals surface area (Å²) in [4.78, 5) is 0. The van der Waals surface area contributed by atoms with E-state index in [1.807, 2.05) is 18.2 Å². The summed E-state index contributed by atoms with van der Waals surface area (Å²) in [7, 11) is 0. The average molecular weight is 223 g/mol. The van der Waals surface area contributed by atoms with Gasteiger partial charge in [0.25, 0.3) is 0 Å². The van der Waals surface area contributed by atoms with Crippen LogP contribution < -0.4 is 5.32 Å². The van der Waals surface area contributed by atoms with E-state index in [1.165, 1.54) is 5.56 Å². The normalized spacial score (nSPS) is 10.3. The molecule has 1 N–H and O–H groups in total. The third-order valence-corrected chi connectivity index (χ3v) is 2.62. The first-order chi connectivity index (χ1) is 7.15. The zero-order valence-electron chi connectivity index (χ0n) is 9.05. The third kappa shape index (κ3) is 3.54. The molecule has 0 aromatic heterocycles. The monoisotopic (exact) mass is 222 g/mol. The van der Waals surface area contributed by atoms with E-state index in [0.29, 0.717) is 19.0 Å². The maximum absolute atomic E-state index is 8.38. The van der Waals surface area contributed by atoms with Crippen LogP contribution in [0, 0.1) is 11.3 Å². The number of nitrogens with one attached hydrogen (secondary N) is 1. The van der Waals surface area contributed by atoms with E-state index in [-0.39, 0.29) is 0 Å². The summed E-state index contributed by atoms with van der Waals surface area (Å²) >= 11 is 6.13. The lowest BCUT2D eigenvalue weighted by atomic mass is 10.0. The molecule has 80 valence electrons. The van der Waals surface area contributed by atoms with Crippen LogP contribution in [0.4, 0.5) is 0 Å². The highest BCUT2D eigenvalue weighted by molar-refractivity contribution is 6.31. The van der Waals surface area contributed by atoms with Crippen molar-refractivity contribution in [1.29, 1.82) is 5.26 Å². The Morgan fingerprint density at radius 2 is 2.20 bits per heavy atom. The quantitative estimate of drug-likeness (QED) is 0.628. The first kappa shape index (κ1) is 12.0. The van der Waals surface area contributed by atoms with E-state index in [2.05, 4.69) is 25.2 Å². The van der Waals surface area contributed by atoms with Gasteiger partial charge in [0, 0.05) is 11.6 Å². The summed E-state index contributed by atoms with van der Waals surface area (Å²) in [5.74, 6) is 0.489. The number of hydrogen-bond donors (Lipinski definition) is 1. The van der Waals surface area contributed by atoms with Gasteiger partial charge in [-0.05, 0) is 23.1 Å². The Hall–Kier alpha value is -1.04. The minimum atomic E-state index is 0.349. The summed E-state index contributed by atoms with van der Waals surface area (Å²) < 4.78 is 0. The Morgan fingerprint density at radius 1 is 1.47 bits per heavy atom. The molecule has 0 atom stereocenters. The van der Waals surface area contributed by atoms with Crippen molar-refractivity contribution in [2.75, 3.05) is 6.54 Å². The second kappa shape index (κ2) is 5.75. The summed E-state index contributed by atoms with van der Waals surface area (Å²) in [5.41, 5.74) is 2.28. The molecule has 0 aliphatic rings. The van der Waals surface area contributed by atoms with Gasteiger partial charge >= 0.3 is 0 Å². The predicted octanol–water partition coefficient (Wildman–Crippen LogP) is 3.08. The predicted molar refractivity (Wildman–Crippen MR) is 62.9 cm³/mol. The molecule has 0 amide bonds. The Balaban J connectivity index is 2.71. The molecule has 1 aromatic carbocycles. The van der Waals surface area contributed by atoms with Gasteiger partial charge in [-0.2, -0.15) is 5.26 Å². The van der Waals surface area contributed by atoms with Gasteiger partial charge in [-0.25, -0.2) is 0 Å². The molecule has 3 heteroatoms. The summed E-state index contributed by atoms with van der Waals surface area (Å²) in [6.07, 6.45) is 0. The molecule has 0 fully saturated rings. The van der Waals surface area contributed by atoms with E-state index in [1.54, 1.807) is 0 Å². The Bertz CT molecular complexity index is 366. The number of nitriles is 1. The van der Waals surface area contributed by atoms with Crippen LogP contribution in [0.25, 0.3) is 0 Å². The minimum absolute atomic E-state index is 0.349. The van der Waals surface area contributed by atoms with Crippen LogP contribution in [-0.2, 0) is 6.54 Å². The standard InChI is InChI=1S/C12H15ClN2/c1-9(2)10-3-4-11(12(13)7-10)8-15-6-5-14/h3-4,7,9,15H,6,8H2,1-2H3. The van der Waals surface area contributed by atoms with Crippen molar-refractivity contribution in [1.82, 2.24) is 5.32 Å². The number of hydrogen-bond acceptors (Lipinski definition) is 2. The molecule has 2 nitrogen and oxygen atoms in total. The fraction of sp³-hybridized carbons (Fsp3) is 0.417. The Kier molecular flexibility index (Phi) is 4.61. The smallest absolute Gasteiger partial charge is 0.0843 e. The van der Waals surface area contributed by atoms with Gasteiger partial charge in [0.2, 0.25) is 0 Å². The highest BCUT2D eigenvalue weighted by atomic mass is 35.5. The zero-order chi connectivity index (χ0) is 11.3. The molecular weight excluding hydrogens is 208 g/mol. The zero-order valence-corrected chi connectivity index (χ0v) is 9.80. The van der Waals surface area contributed by atoms with Gasteiger partial charge in [0.1, 0.15) is 0 Å². The molecule has 1 rings (SSSR count). The van der Waals surface area contributed by atoms with Crippen LogP contribution >= 0.6 is 11.6 Å². The Morgan fingerprint density at radius 3 is 2.73 bits per heavy atom. The van der Waals surface area contributed by atoms with E-state index < -0.39 is 0 Å². The highest BCUT2D eigenvalue weighted by Crippen LogP contribution is 2.22. The van der Waals surface area contributed by atoms with Crippen molar-refractivity contribution < 1.29 is 0 Å². The van der Waals surface area contributed by atoms with E-state index in [9.17, 15) is 0 Å². The second-order valence-corrected chi connectivity index (χ2v) is 4.17. The van der Waals surface area contributed by atoms with Gasteiger partial charge in [-0.3, -0.25) is 0 Å². The van der Waals surface area contributed by atoms with Crippen molar-refractivity contribution in [3.05, 3.63) is 34.3 Å². The first-order valence-electron chi connectivity index (χ1n) is 5.01. The molecule has 0 saturated heterocycles. The van der Waals surface area contributed by atoms with Crippen molar-refractivity contribution >= 4 is 11.6 Å². The largest absolute Gasteiger partial charge is 0.300 e. The molecule has 0 bridgehead atoms. The van der Waals surface area contributed by atoms with Crippen LogP contribution in [-0.4, -0.2) is 6.54 Å². The number of nitrogens with zero attached hydrogens (tertiary/aromatic N) is 1. The summed E-state index contributed by atoms with van der Waals surface area (Å²) in [5, 5.41) is 12.2. The second-order valence-electron chi connectivity index (χ2n) is 3.77. The lowest BCUT2D eigenvalue weighted by molar-refractivity contribution is 0.764. The first-order valence-corrected chi connectivity index (χ1v) is 5.39. The molecule has 0 radical (unpaired) electrons. The lowest BCUT2D eigenvalue weighted by Crippen LogP contribution is -2.13. The van der Waals surface area contributed by atoms with Crippen molar-refractivity contribution in [3.8, 4) is 6.07 Å². The van der Waals surface area contributed by atoms with Gasteiger partial charge in [-0.1, -0.05) is 37.6 Å². The summed E-state index contributed by atoms with van der Waals surface area (Å²) in [6, 6.07) is 8.13. The molecule has 0 saturated carbocycles. The number of rotatable bonds is 4. The van der Waals surface area contributed by atoms with Gasteiger partial charge in [0.05, 0.1) is 12.6 Å². The highest BCUT2D eigenvalue weighted by Gasteiger charge is 2.04. The average Bonchev–Trinajstić information content (AvgIpc) is 2.20. The van der Waals surface area contributed by atoms with Gasteiger partial charge in [-0.15, -0.1) is 0 Å². The molecule has 15 heavy (non-hydrogen) atoms. The van der Waals surface area contributed by atoms with Crippen molar-refractivity contribution in [2.45, 2.75) is 26.3 Å². The Labute approximate surface area is 95.9 Å². The molecule has 0 aliphatic carbocycles. The summed E-state index contributed by atoms with van der Waals surface area (Å²) in [6.45, 7) is 5.27. The van der Waals surface area contributed by atoms with Crippen LogP contribution in [0.15, 0.2) is 18.2 Å². The van der Waals surface area contributed by atoms with E-state index >= 15 is 0 Å². The fourth-order valence-corrected chi connectivity index (χ4v) is 1.57. The minimum Gasteiger partial charge on any atom is -0.300 e. The van der Waals surface area contributed by atoms with Gasteiger partial charge < -0.3 is 5.32 Å². The molecule has 0 heterocycles.